The van der Waals surface area contributed by atoms with Crippen LogP contribution < -0.4 is 4.74 Å². The fourth-order valence-electron chi connectivity index (χ4n) is 3.88. The first-order valence-electron chi connectivity index (χ1n) is 9.02. The van der Waals surface area contributed by atoms with Gasteiger partial charge in [-0.3, -0.25) is 0 Å². The van der Waals surface area contributed by atoms with Crippen molar-refractivity contribution >= 4 is 10.0 Å². The van der Waals surface area contributed by atoms with Gasteiger partial charge in [0.05, 0.1) is 12.4 Å². The zero-order chi connectivity index (χ0) is 18.1. The first kappa shape index (κ1) is 17.5. The molecule has 2 aromatic carbocycles. The summed E-state index contributed by atoms with van der Waals surface area (Å²) in [5.41, 5.74) is 2.90. The van der Waals surface area contributed by atoms with Gasteiger partial charge in [-0.15, -0.1) is 0 Å². The van der Waals surface area contributed by atoms with Crippen LogP contribution in [0.1, 0.15) is 35.6 Å². The maximum Gasteiger partial charge on any atom is 0.214 e. The summed E-state index contributed by atoms with van der Waals surface area (Å²) in [6.45, 7) is 1.20. The minimum atomic E-state index is -3.40. The molecule has 26 heavy (non-hydrogen) atoms. The molecule has 1 atom stereocenters. The lowest BCUT2D eigenvalue weighted by molar-refractivity contribution is 0.357. The van der Waals surface area contributed by atoms with E-state index in [9.17, 15) is 12.8 Å². The van der Waals surface area contributed by atoms with Crippen molar-refractivity contribution in [1.82, 2.24) is 4.31 Å². The molecule has 1 saturated heterocycles. The average Bonchev–Trinajstić information content (AvgIpc) is 3.29. The Balaban J connectivity index is 1.49. The Morgan fingerprint density at radius 3 is 2.92 bits per heavy atom. The van der Waals surface area contributed by atoms with Crippen LogP contribution >= 0.6 is 0 Å². The highest BCUT2D eigenvalue weighted by Gasteiger charge is 2.35. The van der Waals surface area contributed by atoms with Gasteiger partial charge in [-0.25, -0.2) is 12.8 Å². The van der Waals surface area contributed by atoms with E-state index in [4.69, 9.17) is 4.74 Å². The van der Waals surface area contributed by atoms with Crippen molar-refractivity contribution < 1.29 is 17.5 Å². The van der Waals surface area contributed by atoms with Crippen molar-refractivity contribution in [1.29, 1.82) is 0 Å². The molecule has 0 N–H and O–H groups in total. The molecular formula is C20H22FNO3S. The molecule has 1 unspecified atom stereocenters. The van der Waals surface area contributed by atoms with Crippen molar-refractivity contribution in [2.45, 2.75) is 31.7 Å². The number of aryl methyl sites for hydroxylation is 1. The Morgan fingerprint density at radius 1 is 1.19 bits per heavy atom. The number of sulfonamides is 1. The zero-order valence-electron chi connectivity index (χ0n) is 14.5. The number of ether oxygens (including phenoxy) is 1. The van der Waals surface area contributed by atoms with E-state index in [0.29, 0.717) is 19.6 Å². The Labute approximate surface area is 153 Å². The number of hydrogen-bond donors (Lipinski definition) is 0. The van der Waals surface area contributed by atoms with E-state index >= 15 is 0 Å². The second kappa shape index (κ2) is 7.00. The summed E-state index contributed by atoms with van der Waals surface area (Å²) < 4.78 is 46.4. The number of rotatable bonds is 5. The third-order valence-electron chi connectivity index (χ3n) is 5.20. The fourth-order valence-corrected chi connectivity index (χ4v) is 5.63. The maximum atomic E-state index is 13.5. The van der Waals surface area contributed by atoms with Crippen LogP contribution in [-0.4, -0.2) is 31.6 Å². The van der Waals surface area contributed by atoms with Crippen LogP contribution in [0.15, 0.2) is 42.5 Å². The lowest BCUT2D eigenvalue weighted by Gasteiger charge is -2.24. The lowest BCUT2D eigenvalue weighted by Crippen LogP contribution is -2.33. The molecular weight excluding hydrogens is 353 g/mol. The molecule has 1 fully saturated rings. The van der Waals surface area contributed by atoms with Gasteiger partial charge in [0, 0.05) is 19.0 Å². The van der Waals surface area contributed by atoms with Gasteiger partial charge in [-0.2, -0.15) is 4.31 Å². The van der Waals surface area contributed by atoms with Crippen molar-refractivity contribution in [3.05, 3.63) is 65.0 Å². The van der Waals surface area contributed by atoms with Crippen LogP contribution in [0.2, 0.25) is 0 Å². The van der Waals surface area contributed by atoms with Crippen molar-refractivity contribution in [2.75, 3.05) is 18.9 Å². The molecule has 4 nitrogen and oxygen atoms in total. The molecule has 4 rings (SSSR count). The molecule has 138 valence electrons. The number of hydrogen-bond acceptors (Lipinski definition) is 3. The monoisotopic (exact) mass is 375 g/mol. The summed E-state index contributed by atoms with van der Waals surface area (Å²) in [6, 6.07) is 11.9. The van der Waals surface area contributed by atoms with Gasteiger partial charge in [0.25, 0.3) is 0 Å². The number of benzene rings is 2. The molecule has 0 saturated carbocycles. The molecule has 0 radical (unpaired) electrons. The van der Waals surface area contributed by atoms with E-state index in [2.05, 4.69) is 0 Å². The third kappa shape index (κ3) is 3.48. The van der Waals surface area contributed by atoms with Crippen LogP contribution in [0.25, 0.3) is 0 Å². The highest BCUT2D eigenvalue weighted by molar-refractivity contribution is 7.89. The largest absolute Gasteiger partial charge is 0.493 e. The normalized spacial score (nSPS) is 20.1. The minimum absolute atomic E-state index is 0.0679. The number of halogens is 1. The molecule has 6 heteroatoms. The summed E-state index contributed by atoms with van der Waals surface area (Å²) in [6.07, 6.45) is 2.89. The number of nitrogens with zero attached hydrogens (tertiary/aromatic N) is 1. The highest BCUT2D eigenvalue weighted by Crippen LogP contribution is 2.35. The van der Waals surface area contributed by atoms with Crippen LogP contribution in [0.3, 0.4) is 0 Å². The van der Waals surface area contributed by atoms with Crippen LogP contribution in [0, 0.1) is 5.82 Å². The maximum absolute atomic E-state index is 13.5. The molecule has 0 spiro atoms. The van der Waals surface area contributed by atoms with E-state index < -0.39 is 10.0 Å². The van der Waals surface area contributed by atoms with Crippen molar-refractivity contribution in [2.24, 2.45) is 0 Å². The lowest BCUT2D eigenvalue weighted by atomic mass is 10.1. The first-order chi connectivity index (χ1) is 12.5. The summed E-state index contributed by atoms with van der Waals surface area (Å²) >= 11 is 0. The van der Waals surface area contributed by atoms with Gasteiger partial charge in [-0.1, -0.05) is 24.3 Å². The van der Waals surface area contributed by atoms with E-state index in [1.54, 1.807) is 10.4 Å². The predicted octanol–water partition coefficient (Wildman–Crippen LogP) is 3.47. The van der Waals surface area contributed by atoms with Gasteiger partial charge in [-0.05, 0) is 54.2 Å². The van der Waals surface area contributed by atoms with Crippen LogP contribution in [-0.2, 0) is 22.9 Å². The highest BCUT2D eigenvalue weighted by atomic mass is 32.2. The SMILES string of the molecule is O=S(=O)(CCc1ccc2c(c1)CCO2)N1CCCC1c1cccc(F)c1. The van der Waals surface area contributed by atoms with Crippen molar-refractivity contribution in [3.8, 4) is 5.75 Å². The quantitative estimate of drug-likeness (QED) is 0.804. The van der Waals surface area contributed by atoms with E-state index in [1.165, 1.54) is 12.1 Å². The van der Waals surface area contributed by atoms with Gasteiger partial charge >= 0.3 is 0 Å². The van der Waals surface area contributed by atoms with E-state index in [1.807, 2.05) is 24.3 Å². The van der Waals surface area contributed by atoms with Crippen LogP contribution in [0.5, 0.6) is 5.75 Å². The van der Waals surface area contributed by atoms with Gasteiger partial charge in [0.2, 0.25) is 10.0 Å². The Kier molecular flexibility index (Phi) is 4.71. The zero-order valence-corrected chi connectivity index (χ0v) is 15.3. The number of fused-ring (bicyclic) bond motifs is 1. The molecule has 2 heterocycles. The summed E-state index contributed by atoms with van der Waals surface area (Å²) in [5, 5.41) is 0. The molecule has 2 aliphatic heterocycles. The Morgan fingerprint density at radius 2 is 2.08 bits per heavy atom. The minimum Gasteiger partial charge on any atom is -0.493 e. The smallest absolute Gasteiger partial charge is 0.214 e. The molecule has 0 aromatic heterocycles. The van der Waals surface area contributed by atoms with E-state index in [0.717, 1.165) is 41.7 Å². The molecule has 2 aliphatic rings. The molecule has 0 aliphatic carbocycles. The summed E-state index contributed by atoms with van der Waals surface area (Å²) in [7, 11) is -3.40. The first-order valence-corrected chi connectivity index (χ1v) is 10.6. The van der Waals surface area contributed by atoms with Gasteiger partial charge < -0.3 is 4.74 Å². The van der Waals surface area contributed by atoms with Gasteiger partial charge in [0.1, 0.15) is 11.6 Å². The Hall–Kier alpha value is -1.92. The average molecular weight is 375 g/mol. The molecule has 2 aromatic rings. The fraction of sp³-hybridized carbons (Fsp3) is 0.400. The predicted molar refractivity (Wildman–Crippen MR) is 98.2 cm³/mol. The molecule has 0 amide bonds. The Bertz CT molecular complexity index is 913. The van der Waals surface area contributed by atoms with Crippen molar-refractivity contribution in [3.63, 3.8) is 0 Å². The van der Waals surface area contributed by atoms with E-state index in [-0.39, 0.29) is 17.6 Å². The third-order valence-corrected chi connectivity index (χ3v) is 7.07. The van der Waals surface area contributed by atoms with Gasteiger partial charge in [0.15, 0.2) is 0 Å². The standard InChI is InChI=1S/C20H22FNO3S/c21-18-4-1-3-16(14-18)19-5-2-10-22(19)26(23,24)12-9-15-6-7-20-17(13-15)8-11-25-20/h1,3-4,6-7,13-14,19H,2,5,8-12H2. The molecule has 0 bridgehead atoms. The second-order valence-corrected chi connectivity index (χ2v) is 8.97. The summed E-state index contributed by atoms with van der Waals surface area (Å²) in [5.74, 6) is 0.646. The van der Waals surface area contributed by atoms with Crippen LogP contribution in [0.4, 0.5) is 4.39 Å². The second-order valence-electron chi connectivity index (χ2n) is 6.93. The summed E-state index contributed by atoms with van der Waals surface area (Å²) in [4.78, 5) is 0. The topological polar surface area (TPSA) is 46.6 Å².